The number of carbonyl (C=O) groups is 3. The van der Waals surface area contributed by atoms with Gasteiger partial charge >= 0.3 is 0 Å². The van der Waals surface area contributed by atoms with Gasteiger partial charge in [-0.05, 0) is 74.6 Å². The number of aryl methyl sites for hydroxylation is 1. The number of halogens is 2. The van der Waals surface area contributed by atoms with Crippen molar-refractivity contribution in [1.29, 1.82) is 0 Å². The molecule has 3 amide bonds. The van der Waals surface area contributed by atoms with E-state index in [4.69, 9.17) is 5.73 Å². The van der Waals surface area contributed by atoms with E-state index in [2.05, 4.69) is 10.6 Å². The van der Waals surface area contributed by atoms with Crippen molar-refractivity contribution in [3.63, 3.8) is 0 Å². The van der Waals surface area contributed by atoms with Gasteiger partial charge in [0.25, 0.3) is 11.8 Å². The van der Waals surface area contributed by atoms with Gasteiger partial charge in [-0.15, -0.1) is 0 Å². The maximum absolute atomic E-state index is 13.8. The van der Waals surface area contributed by atoms with Gasteiger partial charge in [0.2, 0.25) is 5.91 Å². The van der Waals surface area contributed by atoms with Crippen LogP contribution < -0.4 is 16.4 Å². The SMILES string of the molecule is CCCN(CCC)C(=O)c1cc(C)cc(C(=O)N[C@@H](Cc2cc(F)cc(F)c2)[C@H](O)CNC(C)C(N)=O)c1. The average Bonchev–Trinajstić information content (AvgIpc) is 2.84. The second kappa shape index (κ2) is 14.5. The summed E-state index contributed by atoms with van der Waals surface area (Å²) in [6, 6.07) is 6.09. The zero-order chi connectivity index (χ0) is 28.4. The van der Waals surface area contributed by atoms with E-state index in [0.29, 0.717) is 24.2 Å². The van der Waals surface area contributed by atoms with Gasteiger partial charge in [-0.25, -0.2) is 8.78 Å². The molecule has 2 aromatic carbocycles. The van der Waals surface area contributed by atoms with Gasteiger partial charge < -0.3 is 26.4 Å². The van der Waals surface area contributed by atoms with E-state index in [1.807, 2.05) is 13.8 Å². The van der Waals surface area contributed by atoms with Crippen LogP contribution in [0.2, 0.25) is 0 Å². The van der Waals surface area contributed by atoms with Gasteiger partial charge in [0.15, 0.2) is 0 Å². The summed E-state index contributed by atoms with van der Waals surface area (Å²) in [4.78, 5) is 39.5. The molecule has 0 bridgehead atoms. The molecule has 208 valence electrons. The van der Waals surface area contributed by atoms with Crippen LogP contribution in [0.1, 0.15) is 65.5 Å². The Bertz CT molecular complexity index is 1100. The van der Waals surface area contributed by atoms with Crippen LogP contribution in [-0.2, 0) is 11.2 Å². The van der Waals surface area contributed by atoms with Crippen LogP contribution >= 0.6 is 0 Å². The number of primary amides is 1. The summed E-state index contributed by atoms with van der Waals surface area (Å²) in [6.07, 6.45) is 0.274. The Hall–Kier alpha value is -3.37. The maximum Gasteiger partial charge on any atom is 0.253 e. The number of hydrogen-bond donors (Lipinski definition) is 4. The zero-order valence-electron chi connectivity index (χ0n) is 22.4. The van der Waals surface area contributed by atoms with Crippen molar-refractivity contribution in [1.82, 2.24) is 15.5 Å². The number of amides is 3. The highest BCUT2D eigenvalue weighted by Gasteiger charge is 2.25. The first-order valence-electron chi connectivity index (χ1n) is 12.8. The second-order valence-corrected chi connectivity index (χ2v) is 9.54. The molecule has 0 saturated heterocycles. The molecular weight excluding hydrogens is 494 g/mol. The van der Waals surface area contributed by atoms with Crippen LogP contribution in [0.5, 0.6) is 0 Å². The van der Waals surface area contributed by atoms with E-state index >= 15 is 0 Å². The van der Waals surface area contributed by atoms with Gasteiger partial charge in [0, 0.05) is 36.8 Å². The fraction of sp³-hybridized carbons (Fsp3) is 0.464. The minimum atomic E-state index is -1.23. The fourth-order valence-corrected chi connectivity index (χ4v) is 4.13. The summed E-state index contributed by atoms with van der Waals surface area (Å²) in [5.41, 5.74) is 6.77. The maximum atomic E-state index is 13.8. The summed E-state index contributed by atoms with van der Waals surface area (Å²) in [5.74, 6) is -2.94. The minimum absolute atomic E-state index is 0.0907. The van der Waals surface area contributed by atoms with Crippen molar-refractivity contribution in [2.24, 2.45) is 5.73 Å². The van der Waals surface area contributed by atoms with Crippen LogP contribution in [0.25, 0.3) is 0 Å². The minimum Gasteiger partial charge on any atom is -0.390 e. The predicted octanol–water partition coefficient (Wildman–Crippen LogP) is 2.70. The van der Waals surface area contributed by atoms with E-state index in [-0.39, 0.29) is 30.0 Å². The molecule has 0 radical (unpaired) electrons. The van der Waals surface area contributed by atoms with E-state index in [1.54, 1.807) is 24.0 Å². The van der Waals surface area contributed by atoms with E-state index in [1.165, 1.54) is 13.0 Å². The number of nitrogens with zero attached hydrogens (tertiary/aromatic N) is 1. The number of aliphatic hydroxyl groups is 1. The third-order valence-corrected chi connectivity index (χ3v) is 6.08. The van der Waals surface area contributed by atoms with Gasteiger partial charge in [-0.1, -0.05) is 13.8 Å². The largest absolute Gasteiger partial charge is 0.390 e. The number of benzene rings is 2. The van der Waals surface area contributed by atoms with E-state index in [0.717, 1.165) is 31.0 Å². The lowest BCUT2D eigenvalue weighted by Gasteiger charge is -2.26. The molecule has 0 aliphatic rings. The molecule has 0 aliphatic heterocycles. The summed E-state index contributed by atoms with van der Waals surface area (Å²) in [6.45, 7) is 8.34. The van der Waals surface area contributed by atoms with Crippen LogP contribution in [-0.4, -0.2) is 65.5 Å². The quantitative estimate of drug-likeness (QED) is 0.298. The Labute approximate surface area is 222 Å². The van der Waals surface area contributed by atoms with Crippen molar-refractivity contribution in [2.45, 2.75) is 65.1 Å². The monoisotopic (exact) mass is 532 g/mol. The van der Waals surface area contributed by atoms with E-state index in [9.17, 15) is 28.3 Å². The van der Waals surface area contributed by atoms with Crippen molar-refractivity contribution in [3.05, 3.63) is 70.3 Å². The van der Waals surface area contributed by atoms with Crippen molar-refractivity contribution >= 4 is 17.7 Å². The molecule has 1 unspecified atom stereocenters. The summed E-state index contributed by atoms with van der Waals surface area (Å²) in [7, 11) is 0. The van der Waals surface area contributed by atoms with Gasteiger partial charge in [-0.2, -0.15) is 0 Å². The Morgan fingerprint density at radius 2 is 1.55 bits per heavy atom. The molecular formula is C28H38F2N4O4. The first kappa shape index (κ1) is 30.9. The third-order valence-electron chi connectivity index (χ3n) is 6.08. The van der Waals surface area contributed by atoms with Crippen LogP contribution in [0.15, 0.2) is 36.4 Å². The molecule has 38 heavy (non-hydrogen) atoms. The number of rotatable bonds is 14. The molecule has 0 spiro atoms. The molecule has 2 rings (SSSR count). The van der Waals surface area contributed by atoms with Crippen LogP contribution in [0.3, 0.4) is 0 Å². The highest BCUT2D eigenvalue weighted by atomic mass is 19.1. The number of aliphatic hydroxyl groups excluding tert-OH is 1. The molecule has 0 fully saturated rings. The topological polar surface area (TPSA) is 125 Å². The lowest BCUT2D eigenvalue weighted by atomic mass is 9.99. The summed E-state index contributed by atoms with van der Waals surface area (Å²) in [5, 5.41) is 16.4. The predicted molar refractivity (Wildman–Crippen MR) is 142 cm³/mol. The third kappa shape index (κ3) is 9.18. The van der Waals surface area contributed by atoms with Crippen molar-refractivity contribution in [3.8, 4) is 0 Å². The Balaban J connectivity index is 2.32. The lowest BCUT2D eigenvalue weighted by molar-refractivity contribution is -0.119. The van der Waals surface area contributed by atoms with Crippen LogP contribution in [0.4, 0.5) is 8.78 Å². The molecule has 0 heterocycles. The summed E-state index contributed by atoms with van der Waals surface area (Å²) < 4.78 is 27.6. The Morgan fingerprint density at radius 1 is 0.974 bits per heavy atom. The number of nitrogens with one attached hydrogen (secondary N) is 2. The molecule has 10 heteroatoms. The normalized spacial score (nSPS) is 13.4. The molecule has 0 aromatic heterocycles. The Morgan fingerprint density at radius 3 is 2.11 bits per heavy atom. The van der Waals surface area contributed by atoms with Gasteiger partial charge in [-0.3, -0.25) is 14.4 Å². The van der Waals surface area contributed by atoms with Gasteiger partial charge in [0.05, 0.1) is 18.2 Å². The van der Waals surface area contributed by atoms with Gasteiger partial charge in [0.1, 0.15) is 11.6 Å². The van der Waals surface area contributed by atoms with E-state index < -0.39 is 41.6 Å². The first-order valence-corrected chi connectivity index (χ1v) is 12.8. The number of hydrogen-bond acceptors (Lipinski definition) is 5. The molecule has 3 atom stereocenters. The molecule has 0 saturated carbocycles. The number of nitrogens with two attached hydrogens (primary N) is 1. The molecule has 2 aromatic rings. The first-order chi connectivity index (χ1) is 17.9. The Kier molecular flexibility index (Phi) is 11.8. The smallest absolute Gasteiger partial charge is 0.253 e. The van der Waals surface area contributed by atoms with Crippen LogP contribution in [0, 0.1) is 18.6 Å². The molecule has 5 N–H and O–H groups in total. The lowest BCUT2D eigenvalue weighted by Crippen LogP contribution is -2.51. The second-order valence-electron chi connectivity index (χ2n) is 9.54. The highest BCUT2D eigenvalue weighted by Crippen LogP contribution is 2.16. The molecule has 0 aliphatic carbocycles. The fourth-order valence-electron chi connectivity index (χ4n) is 4.13. The van der Waals surface area contributed by atoms with Crippen molar-refractivity contribution in [2.75, 3.05) is 19.6 Å². The average molecular weight is 533 g/mol. The van der Waals surface area contributed by atoms with Crippen molar-refractivity contribution < 1.29 is 28.3 Å². The zero-order valence-corrected chi connectivity index (χ0v) is 22.4. The highest BCUT2D eigenvalue weighted by molar-refractivity contribution is 6.00. The summed E-state index contributed by atoms with van der Waals surface area (Å²) >= 11 is 0. The number of carbonyl (C=O) groups excluding carboxylic acids is 3. The standard InChI is InChI=1S/C28H38F2N4O4/c1-5-7-34(8-6-2)28(38)21-10-17(3)9-20(14-21)27(37)33-24(25(35)16-32-18(4)26(31)36)13-19-11-22(29)15-23(30)12-19/h9-12,14-15,18,24-25,32,35H,5-8,13,16H2,1-4H3,(H2,31,36)(H,33,37)/t18?,24-,25+/m0/s1. The molecule has 8 nitrogen and oxygen atoms in total.